The molecule has 1 unspecified atom stereocenters. The molecular weight excluding hydrogens is 408 g/mol. The Hall–Kier alpha value is -3.60. The molecule has 1 saturated carbocycles. The third-order valence-electron chi connectivity index (χ3n) is 6.40. The molecule has 2 aliphatic rings. The standard InChI is InChI=1S/C24H26N4O4/c1-24(2)22(16-7-4-3-5-8-16)27(23(29)32-24)19-13-11-18(12-14-19)26-20-10-6-9-17(15-25)21(20)28(30)31/h3-10,18-19,22,26H,11-14H2,1-2H3. The molecule has 32 heavy (non-hydrogen) atoms. The second-order valence-electron chi connectivity index (χ2n) is 8.91. The summed E-state index contributed by atoms with van der Waals surface area (Å²) >= 11 is 0. The summed E-state index contributed by atoms with van der Waals surface area (Å²) in [6, 6.07) is 16.5. The maximum atomic E-state index is 12.8. The van der Waals surface area contributed by atoms with Crippen molar-refractivity contribution in [3.8, 4) is 6.07 Å². The Balaban J connectivity index is 1.49. The van der Waals surface area contributed by atoms with Gasteiger partial charge in [-0.2, -0.15) is 5.26 Å². The summed E-state index contributed by atoms with van der Waals surface area (Å²) in [5.41, 5.74) is 0.632. The van der Waals surface area contributed by atoms with E-state index in [1.165, 1.54) is 6.07 Å². The number of nitriles is 1. The number of cyclic esters (lactones) is 1. The van der Waals surface area contributed by atoms with Gasteiger partial charge in [-0.25, -0.2) is 4.79 Å². The summed E-state index contributed by atoms with van der Waals surface area (Å²) < 4.78 is 5.74. The minimum atomic E-state index is -0.633. The zero-order chi connectivity index (χ0) is 22.9. The molecule has 1 amide bonds. The van der Waals surface area contributed by atoms with Crippen LogP contribution >= 0.6 is 0 Å². The van der Waals surface area contributed by atoms with Crippen LogP contribution < -0.4 is 5.32 Å². The lowest BCUT2D eigenvalue weighted by atomic mass is 9.86. The molecule has 2 aromatic rings. The van der Waals surface area contributed by atoms with Crippen molar-refractivity contribution in [2.75, 3.05) is 5.32 Å². The van der Waals surface area contributed by atoms with E-state index in [1.54, 1.807) is 12.1 Å². The van der Waals surface area contributed by atoms with Crippen LogP contribution in [0, 0.1) is 21.4 Å². The number of nitrogens with one attached hydrogen (secondary N) is 1. The van der Waals surface area contributed by atoms with Crippen LogP contribution in [0.25, 0.3) is 0 Å². The van der Waals surface area contributed by atoms with Gasteiger partial charge in [0.05, 0.1) is 11.0 Å². The number of nitrogens with zero attached hydrogens (tertiary/aromatic N) is 3. The molecule has 1 atom stereocenters. The van der Waals surface area contributed by atoms with Crippen molar-refractivity contribution >= 4 is 17.5 Å². The van der Waals surface area contributed by atoms with Gasteiger partial charge < -0.3 is 10.1 Å². The molecule has 2 aromatic carbocycles. The van der Waals surface area contributed by atoms with Crippen LogP contribution in [-0.4, -0.2) is 33.6 Å². The molecule has 0 aromatic heterocycles. The minimum Gasteiger partial charge on any atom is -0.441 e. The fraction of sp³-hybridized carbons (Fsp3) is 0.417. The SMILES string of the molecule is CC1(C)OC(=O)N(C2CCC(Nc3cccc(C#N)c3[N+](=O)[O-])CC2)C1c1ccccc1. The van der Waals surface area contributed by atoms with E-state index in [0.717, 1.165) is 31.2 Å². The number of ether oxygens (including phenoxy) is 1. The molecule has 4 rings (SSSR count). The number of hydrogen-bond acceptors (Lipinski definition) is 6. The fourth-order valence-electron chi connectivity index (χ4n) is 5.00. The quantitative estimate of drug-likeness (QED) is 0.514. The summed E-state index contributed by atoms with van der Waals surface area (Å²) in [5.74, 6) is 0. The second kappa shape index (κ2) is 8.50. The van der Waals surface area contributed by atoms with Gasteiger partial charge in [-0.15, -0.1) is 0 Å². The predicted molar refractivity (Wildman–Crippen MR) is 119 cm³/mol. The highest BCUT2D eigenvalue weighted by molar-refractivity contribution is 5.72. The first kappa shape index (κ1) is 21.6. The highest BCUT2D eigenvalue weighted by Gasteiger charge is 2.51. The highest BCUT2D eigenvalue weighted by atomic mass is 16.6. The first-order chi connectivity index (χ1) is 15.3. The molecule has 1 heterocycles. The molecule has 2 fully saturated rings. The average molecular weight is 434 g/mol. The number of carbonyl (C=O) groups excluding carboxylic acids is 1. The lowest BCUT2D eigenvalue weighted by Gasteiger charge is -2.38. The molecule has 1 aliphatic carbocycles. The van der Waals surface area contributed by atoms with Crippen LogP contribution in [-0.2, 0) is 4.74 Å². The van der Waals surface area contributed by atoms with E-state index in [2.05, 4.69) is 5.32 Å². The zero-order valence-electron chi connectivity index (χ0n) is 18.2. The molecule has 8 nitrogen and oxygen atoms in total. The van der Waals surface area contributed by atoms with E-state index in [1.807, 2.05) is 55.1 Å². The molecule has 0 spiro atoms. The minimum absolute atomic E-state index is 0.0284. The molecule has 166 valence electrons. The lowest BCUT2D eigenvalue weighted by Crippen LogP contribution is -2.44. The van der Waals surface area contributed by atoms with Gasteiger partial charge >= 0.3 is 11.8 Å². The van der Waals surface area contributed by atoms with Crippen LogP contribution in [0.2, 0.25) is 0 Å². The summed E-state index contributed by atoms with van der Waals surface area (Å²) in [5, 5.41) is 24.0. The van der Waals surface area contributed by atoms with E-state index in [0.29, 0.717) is 5.69 Å². The number of benzene rings is 2. The van der Waals surface area contributed by atoms with Gasteiger partial charge in [-0.1, -0.05) is 36.4 Å². The molecule has 1 saturated heterocycles. The van der Waals surface area contributed by atoms with Gasteiger partial charge in [0, 0.05) is 12.1 Å². The smallest absolute Gasteiger partial charge is 0.411 e. The van der Waals surface area contributed by atoms with Crippen LogP contribution in [0.15, 0.2) is 48.5 Å². The maximum absolute atomic E-state index is 12.8. The molecule has 0 bridgehead atoms. The molecule has 1 N–H and O–H groups in total. The first-order valence-electron chi connectivity index (χ1n) is 10.8. The third-order valence-corrected chi connectivity index (χ3v) is 6.40. The van der Waals surface area contributed by atoms with Crippen molar-refractivity contribution < 1.29 is 14.5 Å². The third kappa shape index (κ3) is 3.98. The van der Waals surface area contributed by atoms with Gasteiger partial charge in [0.2, 0.25) is 0 Å². The summed E-state index contributed by atoms with van der Waals surface area (Å²) in [4.78, 5) is 25.7. The monoisotopic (exact) mass is 434 g/mol. The Morgan fingerprint density at radius 2 is 1.81 bits per heavy atom. The van der Waals surface area contributed by atoms with E-state index < -0.39 is 10.5 Å². The van der Waals surface area contributed by atoms with Gasteiger partial charge in [-0.3, -0.25) is 15.0 Å². The van der Waals surface area contributed by atoms with E-state index in [-0.39, 0.29) is 35.5 Å². The van der Waals surface area contributed by atoms with E-state index in [4.69, 9.17) is 4.74 Å². The summed E-state index contributed by atoms with van der Waals surface area (Å²) in [6.45, 7) is 3.88. The Morgan fingerprint density at radius 1 is 1.12 bits per heavy atom. The number of carbonyl (C=O) groups is 1. The first-order valence-corrected chi connectivity index (χ1v) is 10.8. The lowest BCUT2D eigenvalue weighted by molar-refractivity contribution is -0.384. The number of rotatable bonds is 5. The van der Waals surface area contributed by atoms with Crippen molar-refractivity contribution in [1.82, 2.24) is 4.90 Å². The predicted octanol–water partition coefficient (Wildman–Crippen LogP) is 5.16. The summed E-state index contributed by atoms with van der Waals surface area (Å²) in [7, 11) is 0. The van der Waals surface area contributed by atoms with Crippen molar-refractivity contribution in [1.29, 1.82) is 5.26 Å². The van der Waals surface area contributed by atoms with Crippen LogP contribution in [0.5, 0.6) is 0 Å². The Morgan fingerprint density at radius 3 is 2.44 bits per heavy atom. The Kier molecular flexibility index (Phi) is 5.74. The number of anilines is 1. The number of hydrogen-bond donors (Lipinski definition) is 1. The van der Waals surface area contributed by atoms with Crippen molar-refractivity contribution in [3.63, 3.8) is 0 Å². The van der Waals surface area contributed by atoms with Gasteiger partial charge in [-0.05, 0) is 57.2 Å². The van der Waals surface area contributed by atoms with Crippen molar-refractivity contribution in [2.24, 2.45) is 0 Å². The molecule has 8 heteroatoms. The van der Waals surface area contributed by atoms with Gasteiger partial charge in [0.15, 0.2) is 0 Å². The van der Waals surface area contributed by atoms with Crippen LogP contribution in [0.4, 0.5) is 16.2 Å². The number of nitro groups is 1. The van der Waals surface area contributed by atoms with E-state index >= 15 is 0 Å². The van der Waals surface area contributed by atoms with Gasteiger partial charge in [0.25, 0.3) is 0 Å². The maximum Gasteiger partial charge on any atom is 0.411 e. The largest absolute Gasteiger partial charge is 0.441 e. The summed E-state index contributed by atoms with van der Waals surface area (Å²) in [6.07, 6.45) is 2.74. The Bertz CT molecular complexity index is 1060. The second-order valence-corrected chi connectivity index (χ2v) is 8.91. The number of nitro benzene ring substituents is 1. The van der Waals surface area contributed by atoms with Crippen LogP contribution in [0.1, 0.15) is 56.7 Å². The van der Waals surface area contributed by atoms with Gasteiger partial charge in [0.1, 0.15) is 22.9 Å². The van der Waals surface area contributed by atoms with Crippen molar-refractivity contribution in [3.05, 3.63) is 69.8 Å². The zero-order valence-corrected chi connectivity index (χ0v) is 18.2. The average Bonchev–Trinajstić information content (AvgIpc) is 3.02. The van der Waals surface area contributed by atoms with E-state index in [9.17, 15) is 20.2 Å². The fourth-order valence-corrected chi connectivity index (χ4v) is 5.00. The molecular formula is C24H26N4O4. The number of amides is 1. The number of para-hydroxylation sites is 1. The molecule has 1 aliphatic heterocycles. The van der Waals surface area contributed by atoms with Crippen LogP contribution in [0.3, 0.4) is 0 Å². The van der Waals surface area contributed by atoms with Crippen molar-refractivity contribution in [2.45, 2.75) is 63.3 Å². The Labute approximate surface area is 186 Å². The normalized spacial score (nSPS) is 24.5. The molecule has 0 radical (unpaired) electrons. The highest BCUT2D eigenvalue weighted by Crippen LogP contribution is 2.44. The topological polar surface area (TPSA) is 108 Å².